The van der Waals surface area contributed by atoms with Crippen molar-refractivity contribution < 1.29 is 4.74 Å². The quantitative estimate of drug-likeness (QED) is 0.392. The molecule has 26 heavy (non-hydrogen) atoms. The molecular weight excluding hydrogens is 439 g/mol. The number of nitrogens with zero attached hydrogens (tertiary/aromatic N) is 2. The second-order valence-electron chi connectivity index (χ2n) is 6.65. The van der Waals surface area contributed by atoms with E-state index in [9.17, 15) is 0 Å². The predicted octanol–water partition coefficient (Wildman–Crippen LogP) is 4.29. The average molecular weight is 466 g/mol. The highest BCUT2D eigenvalue weighted by molar-refractivity contribution is 14.0. The van der Waals surface area contributed by atoms with Crippen LogP contribution in [0.3, 0.4) is 0 Å². The first kappa shape index (κ1) is 20.5. The summed E-state index contributed by atoms with van der Waals surface area (Å²) in [5, 5.41) is 3.26. The number of pyridine rings is 1. The van der Waals surface area contributed by atoms with Gasteiger partial charge in [-0.25, -0.2) is 9.98 Å². The van der Waals surface area contributed by atoms with Crippen LogP contribution < -0.4 is 15.8 Å². The number of anilines is 1. The number of ether oxygens (including phenoxy) is 1. The molecule has 1 heterocycles. The van der Waals surface area contributed by atoms with Crippen LogP contribution in [0, 0.1) is 0 Å². The van der Waals surface area contributed by atoms with Gasteiger partial charge < -0.3 is 15.8 Å². The normalized spacial score (nSPS) is 13.7. The molecule has 0 atom stereocenters. The van der Waals surface area contributed by atoms with E-state index in [1.54, 1.807) is 6.20 Å². The molecule has 0 unspecified atom stereocenters. The number of aryl methyl sites for hydroxylation is 1. The van der Waals surface area contributed by atoms with Crippen molar-refractivity contribution in [2.45, 2.75) is 52.2 Å². The molecule has 0 saturated carbocycles. The molecule has 0 aliphatic heterocycles. The van der Waals surface area contributed by atoms with Crippen LogP contribution in [0.1, 0.15) is 43.4 Å². The second-order valence-corrected chi connectivity index (χ2v) is 6.65. The molecule has 1 aliphatic rings. The maximum absolute atomic E-state index is 6.08. The first-order valence-electron chi connectivity index (χ1n) is 8.91. The number of hydrogen-bond acceptors (Lipinski definition) is 3. The number of nitrogens with two attached hydrogens (primary N) is 1. The predicted molar refractivity (Wildman–Crippen MR) is 117 cm³/mol. The molecule has 6 heteroatoms. The molecule has 1 aromatic carbocycles. The van der Waals surface area contributed by atoms with Crippen LogP contribution in [0.4, 0.5) is 5.69 Å². The monoisotopic (exact) mass is 466 g/mol. The van der Waals surface area contributed by atoms with E-state index in [1.165, 1.54) is 24.0 Å². The van der Waals surface area contributed by atoms with Gasteiger partial charge in [0.1, 0.15) is 0 Å². The fraction of sp³-hybridized carbons (Fsp3) is 0.400. The first-order chi connectivity index (χ1) is 12.1. The third-order valence-electron chi connectivity index (χ3n) is 4.24. The van der Waals surface area contributed by atoms with Gasteiger partial charge >= 0.3 is 0 Å². The van der Waals surface area contributed by atoms with Gasteiger partial charge in [0.25, 0.3) is 0 Å². The molecule has 2 aromatic rings. The zero-order valence-corrected chi connectivity index (χ0v) is 17.7. The van der Waals surface area contributed by atoms with Gasteiger partial charge in [-0.05, 0) is 62.3 Å². The Morgan fingerprint density at radius 2 is 2.04 bits per heavy atom. The summed E-state index contributed by atoms with van der Waals surface area (Å²) in [4.78, 5) is 8.72. The Labute approximate surface area is 172 Å². The minimum atomic E-state index is 0. The second kappa shape index (κ2) is 9.75. The number of benzene rings is 1. The van der Waals surface area contributed by atoms with E-state index in [0.29, 0.717) is 18.4 Å². The molecule has 1 aliphatic carbocycles. The van der Waals surface area contributed by atoms with Gasteiger partial charge in [0, 0.05) is 18.0 Å². The standard InChI is InChI=1S/C20H26N4O.HI/c1-14(2)25-19-11-10-15(12-22-19)13-23-20(21)24-18-9-5-7-16-6-3-4-8-17(16)18;/h5,7,9-12,14H,3-4,6,8,13H2,1-2H3,(H3,21,23,24);1H. The molecular formula is C20H27IN4O. The smallest absolute Gasteiger partial charge is 0.213 e. The van der Waals surface area contributed by atoms with E-state index in [1.807, 2.05) is 26.0 Å². The third-order valence-corrected chi connectivity index (χ3v) is 4.24. The minimum absolute atomic E-state index is 0. The van der Waals surface area contributed by atoms with E-state index in [-0.39, 0.29) is 30.1 Å². The van der Waals surface area contributed by atoms with E-state index in [2.05, 4.69) is 33.5 Å². The zero-order valence-electron chi connectivity index (χ0n) is 15.4. The SMILES string of the molecule is CC(C)Oc1ccc(CN=C(N)Nc2cccc3c2CCCC3)cn1.I. The van der Waals surface area contributed by atoms with Crippen molar-refractivity contribution in [2.75, 3.05) is 5.32 Å². The number of halogens is 1. The molecule has 0 spiro atoms. The zero-order chi connectivity index (χ0) is 17.6. The van der Waals surface area contributed by atoms with Crippen molar-refractivity contribution in [3.8, 4) is 5.88 Å². The van der Waals surface area contributed by atoms with Crippen molar-refractivity contribution in [1.29, 1.82) is 0 Å². The van der Waals surface area contributed by atoms with Gasteiger partial charge in [-0.3, -0.25) is 0 Å². The number of aromatic nitrogens is 1. The number of fused-ring (bicyclic) bond motifs is 1. The van der Waals surface area contributed by atoms with Crippen molar-refractivity contribution in [2.24, 2.45) is 10.7 Å². The number of guanidine groups is 1. The van der Waals surface area contributed by atoms with Gasteiger partial charge in [-0.1, -0.05) is 18.2 Å². The lowest BCUT2D eigenvalue weighted by molar-refractivity contribution is 0.232. The van der Waals surface area contributed by atoms with Gasteiger partial charge in [0.2, 0.25) is 5.88 Å². The Balaban J connectivity index is 0.00000243. The summed E-state index contributed by atoms with van der Waals surface area (Å²) in [7, 11) is 0. The van der Waals surface area contributed by atoms with E-state index in [4.69, 9.17) is 10.5 Å². The highest BCUT2D eigenvalue weighted by Crippen LogP contribution is 2.27. The van der Waals surface area contributed by atoms with Crippen LogP contribution in [0.2, 0.25) is 0 Å². The molecule has 0 saturated heterocycles. The summed E-state index contributed by atoms with van der Waals surface area (Å²) in [6.45, 7) is 4.45. The fourth-order valence-corrected chi connectivity index (χ4v) is 3.07. The summed E-state index contributed by atoms with van der Waals surface area (Å²) >= 11 is 0. The first-order valence-corrected chi connectivity index (χ1v) is 8.91. The molecule has 5 nitrogen and oxygen atoms in total. The summed E-state index contributed by atoms with van der Waals surface area (Å²) in [5.74, 6) is 1.06. The van der Waals surface area contributed by atoms with Crippen molar-refractivity contribution in [1.82, 2.24) is 4.98 Å². The maximum Gasteiger partial charge on any atom is 0.213 e. The molecule has 3 rings (SSSR count). The van der Waals surface area contributed by atoms with Crippen LogP contribution >= 0.6 is 24.0 Å². The largest absolute Gasteiger partial charge is 0.475 e. The Kier molecular flexibility index (Phi) is 7.68. The van der Waals surface area contributed by atoms with Crippen LogP contribution in [0.5, 0.6) is 5.88 Å². The lowest BCUT2D eigenvalue weighted by Gasteiger charge is -2.19. The average Bonchev–Trinajstić information content (AvgIpc) is 2.61. The van der Waals surface area contributed by atoms with E-state index in [0.717, 1.165) is 24.1 Å². The van der Waals surface area contributed by atoms with Crippen LogP contribution in [0.25, 0.3) is 0 Å². The number of hydrogen-bond donors (Lipinski definition) is 2. The summed E-state index contributed by atoms with van der Waals surface area (Å²) in [5.41, 5.74) is 11.0. The number of nitrogens with one attached hydrogen (secondary N) is 1. The lowest BCUT2D eigenvalue weighted by Crippen LogP contribution is -2.24. The van der Waals surface area contributed by atoms with Crippen LogP contribution in [-0.2, 0) is 19.4 Å². The Morgan fingerprint density at radius 3 is 2.77 bits per heavy atom. The van der Waals surface area contributed by atoms with Crippen LogP contribution in [-0.4, -0.2) is 17.0 Å². The lowest BCUT2D eigenvalue weighted by atomic mass is 9.90. The Hall–Kier alpha value is -1.83. The van der Waals surface area contributed by atoms with Gasteiger partial charge in [-0.2, -0.15) is 0 Å². The third kappa shape index (κ3) is 5.59. The van der Waals surface area contributed by atoms with Crippen molar-refractivity contribution >= 4 is 35.6 Å². The van der Waals surface area contributed by atoms with Crippen molar-refractivity contribution in [3.63, 3.8) is 0 Å². The highest BCUT2D eigenvalue weighted by Gasteiger charge is 2.13. The van der Waals surface area contributed by atoms with Gasteiger partial charge in [0.15, 0.2) is 5.96 Å². The molecule has 0 radical (unpaired) electrons. The van der Waals surface area contributed by atoms with Crippen molar-refractivity contribution in [3.05, 3.63) is 53.2 Å². The number of aliphatic imine (C=N–C) groups is 1. The molecule has 140 valence electrons. The Morgan fingerprint density at radius 1 is 1.23 bits per heavy atom. The van der Waals surface area contributed by atoms with Gasteiger partial charge in [0.05, 0.1) is 12.6 Å². The molecule has 3 N–H and O–H groups in total. The molecule has 0 bridgehead atoms. The highest BCUT2D eigenvalue weighted by atomic mass is 127. The van der Waals surface area contributed by atoms with E-state index < -0.39 is 0 Å². The minimum Gasteiger partial charge on any atom is -0.475 e. The van der Waals surface area contributed by atoms with E-state index >= 15 is 0 Å². The summed E-state index contributed by atoms with van der Waals surface area (Å²) in [6.07, 6.45) is 6.65. The molecule has 1 aromatic heterocycles. The summed E-state index contributed by atoms with van der Waals surface area (Å²) < 4.78 is 5.54. The van der Waals surface area contributed by atoms with Crippen LogP contribution in [0.15, 0.2) is 41.5 Å². The topological polar surface area (TPSA) is 72.5 Å². The maximum atomic E-state index is 6.08. The number of rotatable bonds is 5. The fourth-order valence-electron chi connectivity index (χ4n) is 3.07. The molecule has 0 fully saturated rings. The van der Waals surface area contributed by atoms with Gasteiger partial charge in [-0.15, -0.1) is 24.0 Å². The summed E-state index contributed by atoms with van der Waals surface area (Å²) in [6, 6.07) is 10.2. The Bertz CT molecular complexity index is 744. The molecule has 0 amide bonds.